The van der Waals surface area contributed by atoms with E-state index in [9.17, 15) is 0 Å². The van der Waals surface area contributed by atoms with E-state index in [4.69, 9.17) is 5.11 Å². The largest absolute Gasteiger partial charge is 0.400 e. The summed E-state index contributed by atoms with van der Waals surface area (Å²) in [5, 5.41) is 13.7. The zero-order valence-electron chi connectivity index (χ0n) is 10.7. The van der Waals surface area contributed by atoms with Crippen molar-refractivity contribution in [2.24, 2.45) is 4.99 Å². The first-order chi connectivity index (χ1) is 8.31. The van der Waals surface area contributed by atoms with E-state index in [0.29, 0.717) is 0 Å². The molecule has 2 rings (SSSR count). The van der Waals surface area contributed by atoms with E-state index in [1.165, 1.54) is 23.4 Å². The highest BCUT2D eigenvalue weighted by Crippen LogP contribution is 2.22. The van der Waals surface area contributed by atoms with E-state index in [1.807, 2.05) is 7.05 Å². The number of likely N-dealkylation sites (tertiary alicyclic amines) is 1. The SMILES string of the molecule is CN=C(Nc1sccc1C)N1CCCC1.CO. The van der Waals surface area contributed by atoms with Crippen LogP contribution in [0, 0.1) is 6.92 Å². The summed E-state index contributed by atoms with van der Waals surface area (Å²) in [6, 6.07) is 2.13. The summed E-state index contributed by atoms with van der Waals surface area (Å²) < 4.78 is 0. The summed E-state index contributed by atoms with van der Waals surface area (Å²) in [6.07, 6.45) is 2.56. The zero-order chi connectivity index (χ0) is 12.7. The number of nitrogens with one attached hydrogen (secondary N) is 1. The van der Waals surface area contributed by atoms with Crippen molar-refractivity contribution in [3.8, 4) is 0 Å². The van der Waals surface area contributed by atoms with Crippen molar-refractivity contribution in [2.75, 3.05) is 32.6 Å². The number of nitrogens with zero attached hydrogens (tertiary/aromatic N) is 2. The zero-order valence-corrected chi connectivity index (χ0v) is 11.5. The fourth-order valence-electron chi connectivity index (χ4n) is 1.81. The predicted molar refractivity (Wildman–Crippen MR) is 75.0 cm³/mol. The second kappa shape index (κ2) is 7.29. The second-order valence-electron chi connectivity index (χ2n) is 3.80. The second-order valence-corrected chi connectivity index (χ2v) is 4.72. The van der Waals surface area contributed by atoms with Crippen LogP contribution in [0.5, 0.6) is 0 Å². The van der Waals surface area contributed by atoms with E-state index >= 15 is 0 Å². The maximum absolute atomic E-state index is 7.00. The third-order valence-electron chi connectivity index (χ3n) is 2.70. The maximum atomic E-state index is 7.00. The van der Waals surface area contributed by atoms with Crippen LogP contribution >= 0.6 is 11.3 Å². The average molecular weight is 255 g/mol. The van der Waals surface area contributed by atoms with Gasteiger partial charge in [0.05, 0.1) is 5.00 Å². The number of aryl methyl sites for hydroxylation is 1. The lowest BCUT2D eigenvalue weighted by atomic mass is 10.4. The number of anilines is 1. The van der Waals surface area contributed by atoms with Crippen molar-refractivity contribution in [2.45, 2.75) is 19.8 Å². The minimum absolute atomic E-state index is 1.00. The molecule has 96 valence electrons. The topological polar surface area (TPSA) is 47.9 Å². The maximum Gasteiger partial charge on any atom is 0.198 e. The minimum atomic E-state index is 1.00. The number of aliphatic hydroxyl groups is 1. The summed E-state index contributed by atoms with van der Waals surface area (Å²) >= 11 is 1.73. The Balaban J connectivity index is 0.000000686. The lowest BCUT2D eigenvalue weighted by Gasteiger charge is -2.20. The van der Waals surface area contributed by atoms with Crippen molar-refractivity contribution in [1.29, 1.82) is 0 Å². The molecule has 1 aromatic heterocycles. The lowest BCUT2D eigenvalue weighted by molar-refractivity contribution is 0.399. The van der Waals surface area contributed by atoms with Gasteiger partial charge in [0.25, 0.3) is 0 Å². The van der Waals surface area contributed by atoms with Gasteiger partial charge in [-0.25, -0.2) is 0 Å². The number of aliphatic imine (C=N–C) groups is 1. The molecule has 0 unspecified atom stereocenters. The van der Waals surface area contributed by atoms with Gasteiger partial charge in [0.1, 0.15) is 0 Å². The molecule has 1 fully saturated rings. The fraction of sp³-hybridized carbons (Fsp3) is 0.583. The lowest BCUT2D eigenvalue weighted by Crippen LogP contribution is -2.33. The Hall–Kier alpha value is -1.07. The molecule has 2 heterocycles. The van der Waals surface area contributed by atoms with Gasteiger partial charge >= 0.3 is 0 Å². The highest BCUT2D eigenvalue weighted by molar-refractivity contribution is 7.14. The smallest absolute Gasteiger partial charge is 0.198 e. The molecule has 0 spiro atoms. The monoisotopic (exact) mass is 255 g/mol. The van der Waals surface area contributed by atoms with E-state index < -0.39 is 0 Å². The number of hydrogen-bond donors (Lipinski definition) is 2. The summed E-state index contributed by atoms with van der Waals surface area (Å²) in [4.78, 5) is 6.64. The molecule has 2 N–H and O–H groups in total. The van der Waals surface area contributed by atoms with Gasteiger partial charge in [0, 0.05) is 27.2 Å². The summed E-state index contributed by atoms with van der Waals surface area (Å²) in [7, 11) is 2.85. The third-order valence-corrected chi connectivity index (χ3v) is 3.64. The molecule has 0 radical (unpaired) electrons. The summed E-state index contributed by atoms with van der Waals surface area (Å²) in [5.41, 5.74) is 1.29. The van der Waals surface area contributed by atoms with Gasteiger partial charge in [-0.05, 0) is 36.8 Å². The van der Waals surface area contributed by atoms with Crippen molar-refractivity contribution >= 4 is 22.3 Å². The van der Waals surface area contributed by atoms with Gasteiger partial charge in [0.2, 0.25) is 0 Å². The number of aliphatic hydroxyl groups excluding tert-OH is 1. The molecule has 0 saturated carbocycles. The minimum Gasteiger partial charge on any atom is -0.400 e. The van der Waals surface area contributed by atoms with Crippen LogP contribution in [0.1, 0.15) is 18.4 Å². The Bertz CT molecular complexity index is 356. The van der Waals surface area contributed by atoms with Crippen LogP contribution in [-0.2, 0) is 0 Å². The molecule has 1 aliphatic heterocycles. The van der Waals surface area contributed by atoms with Crippen LogP contribution in [0.15, 0.2) is 16.4 Å². The van der Waals surface area contributed by atoms with Crippen LogP contribution in [0.2, 0.25) is 0 Å². The first-order valence-electron chi connectivity index (χ1n) is 5.79. The highest BCUT2D eigenvalue weighted by atomic mass is 32.1. The first-order valence-corrected chi connectivity index (χ1v) is 6.67. The molecule has 1 saturated heterocycles. The Kier molecular flexibility index (Phi) is 6.00. The predicted octanol–water partition coefficient (Wildman–Crippen LogP) is 2.16. The molecular weight excluding hydrogens is 234 g/mol. The standard InChI is InChI=1S/C11H17N3S.CH4O/c1-9-5-8-15-10(9)13-11(12-2)14-6-3-4-7-14;1-2/h5,8H,3-4,6-7H2,1-2H3,(H,12,13);2H,1H3. The third kappa shape index (κ3) is 3.71. The number of thiophene rings is 1. The van der Waals surface area contributed by atoms with Crippen molar-refractivity contribution in [3.63, 3.8) is 0 Å². The Labute approximate surface area is 107 Å². The first kappa shape index (κ1) is 14.0. The molecule has 4 nitrogen and oxygen atoms in total. The van der Waals surface area contributed by atoms with Crippen LogP contribution in [0.4, 0.5) is 5.00 Å². The molecule has 17 heavy (non-hydrogen) atoms. The average Bonchev–Trinajstić information content (AvgIpc) is 3.00. The Morgan fingerprint density at radius 1 is 1.41 bits per heavy atom. The van der Waals surface area contributed by atoms with Gasteiger partial charge in [-0.3, -0.25) is 4.99 Å². The molecule has 0 aliphatic carbocycles. The molecule has 1 aliphatic rings. The molecular formula is C12H21N3OS. The molecule has 0 aromatic carbocycles. The van der Waals surface area contributed by atoms with Crippen LogP contribution in [0.3, 0.4) is 0 Å². The Morgan fingerprint density at radius 2 is 2.06 bits per heavy atom. The van der Waals surface area contributed by atoms with Gasteiger partial charge in [-0.15, -0.1) is 11.3 Å². The fourth-order valence-corrected chi connectivity index (χ4v) is 2.62. The molecule has 5 heteroatoms. The van der Waals surface area contributed by atoms with Crippen molar-refractivity contribution in [1.82, 2.24) is 4.90 Å². The van der Waals surface area contributed by atoms with Gasteiger partial charge in [0.15, 0.2) is 5.96 Å². The van der Waals surface area contributed by atoms with Crippen molar-refractivity contribution in [3.05, 3.63) is 17.0 Å². The van der Waals surface area contributed by atoms with Crippen LogP contribution in [0.25, 0.3) is 0 Å². The van der Waals surface area contributed by atoms with E-state index in [-0.39, 0.29) is 0 Å². The molecule has 1 aromatic rings. The number of guanidine groups is 1. The molecule has 0 amide bonds. The van der Waals surface area contributed by atoms with E-state index in [1.54, 1.807) is 11.3 Å². The van der Waals surface area contributed by atoms with Crippen LogP contribution < -0.4 is 5.32 Å². The molecule has 0 bridgehead atoms. The van der Waals surface area contributed by atoms with E-state index in [0.717, 1.165) is 26.2 Å². The summed E-state index contributed by atoms with van der Waals surface area (Å²) in [5.74, 6) is 1.01. The Morgan fingerprint density at radius 3 is 2.53 bits per heavy atom. The quantitative estimate of drug-likeness (QED) is 0.597. The van der Waals surface area contributed by atoms with Gasteiger partial charge in [-0.2, -0.15) is 0 Å². The summed E-state index contributed by atoms with van der Waals surface area (Å²) in [6.45, 7) is 4.38. The van der Waals surface area contributed by atoms with Crippen LogP contribution in [-0.4, -0.2) is 43.2 Å². The van der Waals surface area contributed by atoms with Gasteiger partial charge < -0.3 is 15.3 Å². The van der Waals surface area contributed by atoms with Crippen molar-refractivity contribution < 1.29 is 5.11 Å². The normalized spacial score (nSPS) is 15.5. The van der Waals surface area contributed by atoms with Gasteiger partial charge in [-0.1, -0.05) is 0 Å². The molecule has 0 atom stereocenters. The van der Waals surface area contributed by atoms with E-state index in [2.05, 4.69) is 33.6 Å². The highest BCUT2D eigenvalue weighted by Gasteiger charge is 2.16. The number of rotatable bonds is 1. The number of hydrogen-bond acceptors (Lipinski definition) is 3.